The van der Waals surface area contributed by atoms with Crippen LogP contribution in [-0.4, -0.2) is 21.9 Å². The Morgan fingerprint density at radius 3 is 2.70 bits per heavy atom. The maximum Gasteiger partial charge on any atom is 0.331 e. The predicted octanol–water partition coefficient (Wildman–Crippen LogP) is 0.492. The van der Waals surface area contributed by atoms with Gasteiger partial charge in [0.15, 0.2) is 0 Å². The molecule has 0 radical (unpaired) electrons. The van der Waals surface area contributed by atoms with E-state index in [9.17, 15) is 4.79 Å². The van der Waals surface area contributed by atoms with E-state index < -0.39 is 5.97 Å². The summed E-state index contributed by atoms with van der Waals surface area (Å²) in [7, 11) is 0. The Kier molecular flexibility index (Phi) is 2.11. The second kappa shape index (κ2) is 2.72. The molecule has 3 N–H and O–H groups in total. The van der Waals surface area contributed by atoms with Crippen LogP contribution in [0.25, 0.3) is 0 Å². The zero-order valence-electron chi connectivity index (χ0n) is 5.25. The van der Waals surface area contributed by atoms with E-state index in [0.29, 0.717) is 12.0 Å². The van der Waals surface area contributed by atoms with Crippen LogP contribution in [-0.2, 0) is 4.79 Å². The predicted molar refractivity (Wildman–Crippen MR) is 41.0 cm³/mol. The first-order chi connectivity index (χ1) is 4.61. The van der Waals surface area contributed by atoms with Crippen molar-refractivity contribution in [2.75, 3.05) is 0 Å². The van der Waals surface area contributed by atoms with Crippen LogP contribution in [0.3, 0.4) is 0 Å². The number of nitrogens with two attached hydrogens (primary N) is 1. The topological polar surface area (TPSA) is 63.3 Å². The van der Waals surface area contributed by atoms with Crippen LogP contribution in [0.15, 0.2) is 11.6 Å². The van der Waals surface area contributed by atoms with Gasteiger partial charge in [-0.1, -0.05) is 22.0 Å². The summed E-state index contributed by atoms with van der Waals surface area (Å²) in [6.45, 7) is 0. The summed E-state index contributed by atoms with van der Waals surface area (Å²) in [6, 6.07) is -0.147. The van der Waals surface area contributed by atoms with E-state index in [0.717, 1.165) is 0 Å². The molecule has 0 unspecified atom stereocenters. The van der Waals surface area contributed by atoms with Gasteiger partial charge in [0.25, 0.3) is 0 Å². The fourth-order valence-electron chi connectivity index (χ4n) is 0.910. The monoisotopic (exact) mass is 205 g/mol. The zero-order chi connectivity index (χ0) is 7.72. The molecule has 1 rings (SSSR count). The van der Waals surface area contributed by atoms with Gasteiger partial charge in [0.05, 0.1) is 0 Å². The van der Waals surface area contributed by atoms with Crippen LogP contribution in [0.5, 0.6) is 0 Å². The Labute approximate surface area is 67.0 Å². The summed E-state index contributed by atoms with van der Waals surface area (Å²) in [5.41, 5.74) is 5.93. The Morgan fingerprint density at radius 2 is 2.50 bits per heavy atom. The summed E-state index contributed by atoms with van der Waals surface area (Å²) >= 11 is 3.27. The molecule has 0 fully saturated rings. The van der Waals surface area contributed by atoms with Crippen molar-refractivity contribution >= 4 is 21.9 Å². The van der Waals surface area contributed by atoms with Gasteiger partial charge >= 0.3 is 5.97 Å². The molecule has 56 valence electrons. The van der Waals surface area contributed by atoms with Crippen molar-refractivity contribution in [2.45, 2.75) is 17.3 Å². The van der Waals surface area contributed by atoms with Crippen molar-refractivity contribution in [2.24, 2.45) is 5.73 Å². The molecule has 0 aromatic carbocycles. The molecule has 0 bridgehead atoms. The van der Waals surface area contributed by atoms with Crippen molar-refractivity contribution in [3.63, 3.8) is 0 Å². The molecule has 0 amide bonds. The number of carboxylic acids is 1. The summed E-state index contributed by atoms with van der Waals surface area (Å²) < 4.78 is 0. The van der Waals surface area contributed by atoms with Crippen LogP contribution in [0, 0.1) is 0 Å². The van der Waals surface area contributed by atoms with Gasteiger partial charge in [-0.05, 0) is 6.42 Å². The van der Waals surface area contributed by atoms with Crippen molar-refractivity contribution in [3.05, 3.63) is 11.6 Å². The first-order valence-electron chi connectivity index (χ1n) is 2.95. The van der Waals surface area contributed by atoms with Crippen LogP contribution < -0.4 is 5.73 Å². The highest BCUT2D eigenvalue weighted by atomic mass is 79.9. The molecular formula is C6H8BrNO2. The van der Waals surface area contributed by atoms with E-state index in [-0.39, 0.29) is 10.9 Å². The van der Waals surface area contributed by atoms with Gasteiger partial charge in [0.2, 0.25) is 0 Å². The summed E-state index contributed by atoms with van der Waals surface area (Å²) in [5.74, 6) is -0.864. The third kappa shape index (κ3) is 1.38. The van der Waals surface area contributed by atoms with E-state index in [2.05, 4.69) is 15.9 Å². The Balaban J connectivity index is 2.67. The highest BCUT2D eigenvalue weighted by Crippen LogP contribution is 2.23. The summed E-state index contributed by atoms with van der Waals surface area (Å²) in [5, 5.41) is 8.50. The van der Waals surface area contributed by atoms with Gasteiger partial charge in [-0.25, -0.2) is 4.79 Å². The SMILES string of the molecule is N[C@H]1C=C(C(=O)O)C[C@@H]1Br. The van der Waals surface area contributed by atoms with E-state index in [1.54, 1.807) is 6.08 Å². The van der Waals surface area contributed by atoms with Gasteiger partial charge in [0.1, 0.15) is 0 Å². The first kappa shape index (κ1) is 7.75. The first-order valence-corrected chi connectivity index (χ1v) is 3.86. The number of carbonyl (C=O) groups is 1. The highest BCUT2D eigenvalue weighted by molar-refractivity contribution is 9.09. The summed E-state index contributed by atoms with van der Waals surface area (Å²) in [4.78, 5) is 10.4. The van der Waals surface area contributed by atoms with E-state index in [4.69, 9.17) is 10.8 Å². The maximum atomic E-state index is 10.3. The van der Waals surface area contributed by atoms with Crippen LogP contribution in [0.2, 0.25) is 0 Å². The fraction of sp³-hybridized carbons (Fsp3) is 0.500. The molecule has 1 aliphatic rings. The molecule has 3 nitrogen and oxygen atoms in total. The molecule has 10 heavy (non-hydrogen) atoms. The third-order valence-corrected chi connectivity index (χ3v) is 2.44. The molecule has 2 atom stereocenters. The smallest absolute Gasteiger partial charge is 0.331 e. The molecule has 0 aromatic heterocycles. The zero-order valence-corrected chi connectivity index (χ0v) is 6.84. The second-order valence-corrected chi connectivity index (χ2v) is 3.47. The molecule has 0 aromatic rings. The summed E-state index contributed by atoms with van der Waals surface area (Å²) in [6.07, 6.45) is 2.11. The van der Waals surface area contributed by atoms with Crippen LogP contribution in [0.4, 0.5) is 0 Å². The minimum atomic E-state index is -0.864. The highest BCUT2D eigenvalue weighted by Gasteiger charge is 2.25. The third-order valence-electron chi connectivity index (χ3n) is 1.50. The molecule has 0 heterocycles. The normalized spacial score (nSPS) is 32.0. The van der Waals surface area contributed by atoms with E-state index in [1.165, 1.54) is 0 Å². The number of aliphatic carboxylic acids is 1. The molecule has 1 aliphatic carbocycles. The Hall–Kier alpha value is -0.350. The van der Waals surface area contributed by atoms with Crippen LogP contribution >= 0.6 is 15.9 Å². The van der Waals surface area contributed by atoms with Gasteiger partial charge in [0, 0.05) is 16.4 Å². The van der Waals surface area contributed by atoms with Crippen molar-refractivity contribution in [1.29, 1.82) is 0 Å². The molecule has 0 saturated carbocycles. The minimum absolute atomic E-state index is 0.0959. The second-order valence-electron chi connectivity index (χ2n) is 2.29. The lowest BCUT2D eigenvalue weighted by Crippen LogP contribution is -2.23. The Bertz CT molecular complexity index is 190. The minimum Gasteiger partial charge on any atom is -0.478 e. The average molecular weight is 206 g/mol. The van der Waals surface area contributed by atoms with Crippen LogP contribution in [0.1, 0.15) is 6.42 Å². The Morgan fingerprint density at radius 1 is 1.90 bits per heavy atom. The van der Waals surface area contributed by atoms with Crippen molar-refractivity contribution in [1.82, 2.24) is 0 Å². The molecule has 4 heteroatoms. The average Bonchev–Trinajstić information content (AvgIpc) is 2.13. The lowest BCUT2D eigenvalue weighted by atomic mass is 10.2. The number of rotatable bonds is 1. The molecule has 0 aliphatic heterocycles. The lowest BCUT2D eigenvalue weighted by Gasteiger charge is -2.03. The fourth-order valence-corrected chi connectivity index (χ4v) is 1.41. The number of alkyl halides is 1. The molecule has 0 saturated heterocycles. The van der Waals surface area contributed by atoms with Gasteiger partial charge in [-0.2, -0.15) is 0 Å². The van der Waals surface area contributed by atoms with Crippen molar-refractivity contribution in [3.8, 4) is 0 Å². The van der Waals surface area contributed by atoms with Gasteiger partial charge < -0.3 is 10.8 Å². The van der Waals surface area contributed by atoms with E-state index >= 15 is 0 Å². The number of hydrogen-bond donors (Lipinski definition) is 2. The number of hydrogen-bond acceptors (Lipinski definition) is 2. The van der Waals surface area contributed by atoms with Gasteiger partial charge in [-0.15, -0.1) is 0 Å². The largest absolute Gasteiger partial charge is 0.478 e. The number of halogens is 1. The quantitative estimate of drug-likeness (QED) is 0.613. The molecular weight excluding hydrogens is 198 g/mol. The maximum absolute atomic E-state index is 10.3. The number of carboxylic acid groups (broad SMARTS) is 1. The van der Waals surface area contributed by atoms with Crippen molar-refractivity contribution < 1.29 is 9.90 Å². The van der Waals surface area contributed by atoms with Gasteiger partial charge in [-0.3, -0.25) is 0 Å². The van der Waals surface area contributed by atoms with E-state index in [1.807, 2.05) is 0 Å². The molecule has 0 spiro atoms. The lowest BCUT2D eigenvalue weighted by molar-refractivity contribution is -0.132. The standard InChI is InChI=1S/C6H8BrNO2/c7-4-1-3(6(9)10)2-5(4)8/h2,4-5H,1,8H2,(H,9,10)/t4-,5-/m0/s1.